The van der Waals surface area contributed by atoms with Gasteiger partial charge >= 0.3 is 0 Å². The minimum atomic E-state index is 0.424. The standard InChI is InChI=1S/C14H14Cl2N2/c1-18(10-11-4-2-3-5-14(11)16)13-6-7-17-12(8-13)9-15/h2-8H,9-10H2,1H3. The summed E-state index contributed by atoms with van der Waals surface area (Å²) in [6.07, 6.45) is 1.77. The molecule has 0 atom stereocenters. The fourth-order valence-corrected chi connectivity index (χ4v) is 2.09. The van der Waals surface area contributed by atoms with Crippen molar-refractivity contribution in [3.63, 3.8) is 0 Å². The highest BCUT2D eigenvalue weighted by atomic mass is 35.5. The van der Waals surface area contributed by atoms with Gasteiger partial charge in [-0.05, 0) is 23.8 Å². The van der Waals surface area contributed by atoms with Crippen LogP contribution in [0.1, 0.15) is 11.3 Å². The highest BCUT2D eigenvalue weighted by molar-refractivity contribution is 6.31. The second-order valence-electron chi connectivity index (χ2n) is 4.09. The van der Waals surface area contributed by atoms with E-state index in [9.17, 15) is 0 Å². The smallest absolute Gasteiger partial charge is 0.0648 e. The van der Waals surface area contributed by atoms with Crippen molar-refractivity contribution in [2.75, 3.05) is 11.9 Å². The average Bonchev–Trinajstić information content (AvgIpc) is 2.41. The van der Waals surface area contributed by atoms with Crippen molar-refractivity contribution < 1.29 is 0 Å². The molecule has 2 aromatic rings. The van der Waals surface area contributed by atoms with Crippen LogP contribution in [-0.2, 0) is 12.4 Å². The summed E-state index contributed by atoms with van der Waals surface area (Å²) in [4.78, 5) is 6.30. The summed E-state index contributed by atoms with van der Waals surface area (Å²) in [6, 6.07) is 11.8. The van der Waals surface area contributed by atoms with Crippen LogP contribution in [0.15, 0.2) is 42.6 Å². The highest BCUT2D eigenvalue weighted by Crippen LogP contribution is 2.21. The van der Waals surface area contributed by atoms with E-state index in [4.69, 9.17) is 23.2 Å². The number of nitrogens with zero attached hydrogens (tertiary/aromatic N) is 2. The topological polar surface area (TPSA) is 16.1 Å². The Morgan fingerprint density at radius 1 is 1.22 bits per heavy atom. The van der Waals surface area contributed by atoms with E-state index < -0.39 is 0 Å². The predicted molar refractivity (Wildman–Crippen MR) is 77.4 cm³/mol. The lowest BCUT2D eigenvalue weighted by Crippen LogP contribution is -2.16. The third-order valence-corrected chi connectivity index (χ3v) is 3.39. The quantitative estimate of drug-likeness (QED) is 0.784. The molecule has 1 aromatic carbocycles. The van der Waals surface area contributed by atoms with Crippen LogP contribution in [-0.4, -0.2) is 12.0 Å². The van der Waals surface area contributed by atoms with Gasteiger partial charge in [0.1, 0.15) is 0 Å². The first-order valence-corrected chi connectivity index (χ1v) is 6.57. The molecule has 0 aliphatic rings. The van der Waals surface area contributed by atoms with Gasteiger partial charge in [0.15, 0.2) is 0 Å². The molecule has 1 heterocycles. The minimum Gasteiger partial charge on any atom is -0.370 e. The Morgan fingerprint density at radius 3 is 2.72 bits per heavy atom. The van der Waals surface area contributed by atoms with Crippen molar-refractivity contribution in [2.45, 2.75) is 12.4 Å². The lowest BCUT2D eigenvalue weighted by molar-refractivity contribution is 0.917. The van der Waals surface area contributed by atoms with Crippen LogP contribution >= 0.6 is 23.2 Å². The zero-order valence-electron chi connectivity index (χ0n) is 10.1. The molecule has 0 aliphatic carbocycles. The van der Waals surface area contributed by atoms with Crippen LogP contribution < -0.4 is 4.90 Å². The molecular formula is C14H14Cl2N2. The highest BCUT2D eigenvalue weighted by Gasteiger charge is 2.06. The maximum absolute atomic E-state index is 6.15. The maximum Gasteiger partial charge on any atom is 0.0648 e. The van der Waals surface area contributed by atoms with Gasteiger partial charge in [-0.2, -0.15) is 0 Å². The Balaban J connectivity index is 2.16. The summed E-state index contributed by atoms with van der Waals surface area (Å²) in [7, 11) is 2.02. The van der Waals surface area contributed by atoms with Crippen molar-refractivity contribution in [2.24, 2.45) is 0 Å². The zero-order valence-corrected chi connectivity index (χ0v) is 11.6. The predicted octanol–water partition coefficient (Wildman–Crippen LogP) is 4.11. The van der Waals surface area contributed by atoms with E-state index in [1.54, 1.807) is 6.20 Å². The fourth-order valence-electron chi connectivity index (χ4n) is 1.75. The molecule has 2 nitrogen and oxygen atoms in total. The fraction of sp³-hybridized carbons (Fsp3) is 0.214. The van der Waals surface area contributed by atoms with Gasteiger partial charge in [-0.3, -0.25) is 4.98 Å². The van der Waals surface area contributed by atoms with E-state index in [1.165, 1.54) is 0 Å². The third kappa shape index (κ3) is 3.15. The molecule has 0 saturated heterocycles. The van der Waals surface area contributed by atoms with Crippen LogP contribution in [0.4, 0.5) is 5.69 Å². The van der Waals surface area contributed by atoms with Crippen LogP contribution in [0.5, 0.6) is 0 Å². The molecule has 0 unspecified atom stereocenters. The van der Waals surface area contributed by atoms with E-state index in [0.717, 1.165) is 28.5 Å². The number of halogens is 2. The molecule has 0 radical (unpaired) electrons. The van der Waals surface area contributed by atoms with Crippen LogP contribution in [0.2, 0.25) is 5.02 Å². The number of aromatic nitrogens is 1. The van der Waals surface area contributed by atoms with Crippen LogP contribution in [0.3, 0.4) is 0 Å². The van der Waals surface area contributed by atoms with E-state index in [-0.39, 0.29) is 0 Å². The molecule has 94 valence electrons. The Hall–Kier alpha value is -1.25. The molecule has 0 saturated carbocycles. The first kappa shape index (κ1) is 13.2. The van der Waals surface area contributed by atoms with E-state index in [1.807, 2.05) is 43.4 Å². The number of benzene rings is 1. The third-order valence-electron chi connectivity index (χ3n) is 2.74. The Bertz CT molecular complexity index is 529. The van der Waals surface area contributed by atoms with Gasteiger partial charge in [0.2, 0.25) is 0 Å². The molecule has 2 rings (SSSR count). The van der Waals surface area contributed by atoms with Gasteiger partial charge in [-0.1, -0.05) is 29.8 Å². The van der Waals surface area contributed by atoms with Gasteiger partial charge in [0.05, 0.1) is 11.6 Å². The molecule has 0 N–H and O–H groups in total. The second kappa shape index (κ2) is 6.07. The summed E-state index contributed by atoms with van der Waals surface area (Å²) in [6.45, 7) is 0.755. The number of hydrogen-bond donors (Lipinski definition) is 0. The van der Waals surface area contributed by atoms with E-state index >= 15 is 0 Å². The first-order chi connectivity index (χ1) is 8.70. The average molecular weight is 281 g/mol. The molecule has 0 aliphatic heterocycles. The van der Waals surface area contributed by atoms with Crippen molar-refractivity contribution in [3.8, 4) is 0 Å². The van der Waals surface area contributed by atoms with Crippen molar-refractivity contribution in [1.29, 1.82) is 0 Å². The Labute approximate surface area is 117 Å². The SMILES string of the molecule is CN(Cc1ccccc1Cl)c1ccnc(CCl)c1. The molecule has 1 aromatic heterocycles. The first-order valence-electron chi connectivity index (χ1n) is 5.66. The monoisotopic (exact) mass is 280 g/mol. The molecule has 0 bridgehead atoms. The molecule has 0 spiro atoms. The lowest BCUT2D eigenvalue weighted by Gasteiger charge is -2.20. The van der Waals surface area contributed by atoms with Crippen molar-refractivity contribution in [3.05, 3.63) is 58.9 Å². The van der Waals surface area contributed by atoms with E-state index in [2.05, 4.69) is 9.88 Å². The van der Waals surface area contributed by atoms with Gasteiger partial charge in [-0.15, -0.1) is 11.6 Å². The molecule has 0 amide bonds. The van der Waals surface area contributed by atoms with Gasteiger partial charge in [0.25, 0.3) is 0 Å². The largest absolute Gasteiger partial charge is 0.370 e. The summed E-state index contributed by atoms with van der Waals surface area (Å²) in [5, 5.41) is 0.788. The second-order valence-corrected chi connectivity index (χ2v) is 4.76. The maximum atomic E-state index is 6.15. The van der Waals surface area contributed by atoms with Crippen LogP contribution in [0, 0.1) is 0 Å². The van der Waals surface area contributed by atoms with Gasteiger partial charge < -0.3 is 4.90 Å². The number of rotatable bonds is 4. The van der Waals surface area contributed by atoms with Crippen molar-refractivity contribution in [1.82, 2.24) is 4.98 Å². The Morgan fingerprint density at radius 2 is 2.00 bits per heavy atom. The Kier molecular flexibility index (Phi) is 4.45. The summed E-state index contributed by atoms with van der Waals surface area (Å²) < 4.78 is 0. The number of hydrogen-bond acceptors (Lipinski definition) is 2. The molecular weight excluding hydrogens is 267 g/mol. The summed E-state index contributed by atoms with van der Waals surface area (Å²) >= 11 is 11.9. The van der Waals surface area contributed by atoms with Crippen LogP contribution in [0.25, 0.3) is 0 Å². The molecule has 4 heteroatoms. The zero-order chi connectivity index (χ0) is 13.0. The molecule has 0 fully saturated rings. The number of alkyl halides is 1. The van der Waals surface area contributed by atoms with Crippen molar-refractivity contribution >= 4 is 28.9 Å². The normalized spacial score (nSPS) is 10.4. The van der Waals surface area contributed by atoms with Gasteiger partial charge in [-0.25, -0.2) is 0 Å². The summed E-state index contributed by atoms with van der Waals surface area (Å²) in [5.41, 5.74) is 3.06. The van der Waals surface area contributed by atoms with E-state index in [0.29, 0.717) is 5.88 Å². The number of pyridine rings is 1. The lowest BCUT2D eigenvalue weighted by atomic mass is 10.2. The molecule has 18 heavy (non-hydrogen) atoms. The van der Waals surface area contributed by atoms with Gasteiger partial charge in [0, 0.05) is 30.5 Å². The number of anilines is 1. The summed E-state index contributed by atoms with van der Waals surface area (Å²) in [5.74, 6) is 0.424. The minimum absolute atomic E-state index is 0.424.